The fraction of sp³-hybridized carbons (Fsp3) is 0.0909. The average Bonchev–Trinajstić information content (AvgIpc) is 2.68. The molecular weight excluding hydrogens is 356 g/mol. The average molecular weight is 376 g/mol. The Hall–Kier alpha value is -3.80. The van der Waals surface area contributed by atoms with Gasteiger partial charge in [0.15, 0.2) is 0 Å². The first-order valence-corrected chi connectivity index (χ1v) is 8.67. The van der Waals surface area contributed by atoms with Crippen molar-refractivity contribution in [3.8, 4) is 11.5 Å². The van der Waals surface area contributed by atoms with Crippen LogP contribution in [0.1, 0.15) is 15.9 Å². The first-order chi connectivity index (χ1) is 13.5. The molecule has 3 aromatic rings. The van der Waals surface area contributed by atoms with E-state index in [2.05, 4.69) is 10.6 Å². The molecule has 0 fully saturated rings. The van der Waals surface area contributed by atoms with Gasteiger partial charge in [-0.25, -0.2) is 0 Å². The number of carbonyl (C=O) groups excluding carboxylic acids is 2. The van der Waals surface area contributed by atoms with Crippen LogP contribution in [0, 0.1) is 0 Å². The minimum atomic E-state index is -0.336. The van der Waals surface area contributed by atoms with Crippen LogP contribution in [0.15, 0.2) is 72.8 Å². The summed E-state index contributed by atoms with van der Waals surface area (Å²) in [4.78, 5) is 24.7. The van der Waals surface area contributed by atoms with Gasteiger partial charge in [0.25, 0.3) is 5.91 Å². The van der Waals surface area contributed by atoms with E-state index in [0.29, 0.717) is 16.9 Å². The molecule has 3 aromatic carbocycles. The third-order valence-corrected chi connectivity index (χ3v) is 4.04. The zero-order chi connectivity index (χ0) is 19.9. The number of amides is 2. The Balaban J connectivity index is 1.63. The second kappa shape index (κ2) is 8.73. The van der Waals surface area contributed by atoms with Gasteiger partial charge in [-0.1, -0.05) is 24.3 Å². The number of nitrogens with one attached hydrogen (secondary N) is 2. The molecule has 0 aliphatic carbocycles. The van der Waals surface area contributed by atoms with E-state index in [1.165, 1.54) is 12.1 Å². The lowest BCUT2D eigenvalue weighted by molar-refractivity contribution is -0.115. The van der Waals surface area contributed by atoms with E-state index >= 15 is 0 Å². The number of anilines is 2. The van der Waals surface area contributed by atoms with Gasteiger partial charge in [0.1, 0.15) is 11.5 Å². The molecular formula is C22H20N2O4. The van der Waals surface area contributed by atoms with Gasteiger partial charge >= 0.3 is 0 Å². The molecule has 0 saturated heterocycles. The summed E-state index contributed by atoms with van der Waals surface area (Å²) in [7, 11) is 1.59. The van der Waals surface area contributed by atoms with Crippen LogP contribution in [0.3, 0.4) is 0 Å². The Morgan fingerprint density at radius 1 is 0.893 bits per heavy atom. The maximum atomic E-state index is 12.4. The number of phenols is 1. The summed E-state index contributed by atoms with van der Waals surface area (Å²) in [5, 5.41) is 15.0. The van der Waals surface area contributed by atoms with E-state index < -0.39 is 0 Å². The van der Waals surface area contributed by atoms with E-state index in [-0.39, 0.29) is 24.0 Å². The lowest BCUT2D eigenvalue weighted by Crippen LogP contribution is -2.16. The molecule has 28 heavy (non-hydrogen) atoms. The van der Waals surface area contributed by atoms with E-state index in [9.17, 15) is 14.7 Å². The minimum absolute atomic E-state index is 0.0670. The predicted octanol–water partition coefficient (Wildman–Crippen LogP) is 3.83. The number of aromatic hydroxyl groups is 1. The first kappa shape index (κ1) is 19.0. The molecule has 0 aliphatic heterocycles. The molecule has 0 bridgehead atoms. The van der Waals surface area contributed by atoms with Crippen LogP contribution in [0.4, 0.5) is 11.4 Å². The number of hydrogen-bond donors (Lipinski definition) is 3. The maximum absolute atomic E-state index is 12.4. The predicted molar refractivity (Wildman–Crippen MR) is 108 cm³/mol. The fourth-order valence-corrected chi connectivity index (χ4v) is 2.66. The van der Waals surface area contributed by atoms with Gasteiger partial charge in [-0.05, 0) is 48.0 Å². The van der Waals surface area contributed by atoms with Crippen molar-refractivity contribution in [2.75, 3.05) is 17.7 Å². The Morgan fingerprint density at radius 3 is 2.25 bits per heavy atom. The van der Waals surface area contributed by atoms with Crippen molar-refractivity contribution in [2.24, 2.45) is 0 Å². The number of hydrogen-bond acceptors (Lipinski definition) is 4. The quantitative estimate of drug-likeness (QED) is 0.610. The van der Waals surface area contributed by atoms with Gasteiger partial charge in [-0.3, -0.25) is 9.59 Å². The highest BCUT2D eigenvalue weighted by molar-refractivity contribution is 6.05. The van der Waals surface area contributed by atoms with Gasteiger partial charge in [-0.15, -0.1) is 0 Å². The Morgan fingerprint density at radius 2 is 1.57 bits per heavy atom. The van der Waals surface area contributed by atoms with Crippen molar-refractivity contribution in [1.82, 2.24) is 0 Å². The van der Waals surface area contributed by atoms with Gasteiger partial charge in [-0.2, -0.15) is 0 Å². The second-order valence-corrected chi connectivity index (χ2v) is 6.16. The maximum Gasteiger partial charge on any atom is 0.255 e. The normalized spacial score (nSPS) is 10.2. The lowest BCUT2D eigenvalue weighted by atomic mass is 10.1. The number of ether oxygens (including phenoxy) is 1. The van der Waals surface area contributed by atoms with Crippen LogP contribution >= 0.6 is 0 Å². The molecule has 2 amide bonds. The molecule has 0 saturated carbocycles. The van der Waals surface area contributed by atoms with E-state index in [1.54, 1.807) is 55.6 Å². The highest BCUT2D eigenvalue weighted by atomic mass is 16.5. The third-order valence-electron chi connectivity index (χ3n) is 4.04. The molecule has 0 atom stereocenters. The molecule has 3 N–H and O–H groups in total. The molecule has 142 valence electrons. The molecule has 0 spiro atoms. The van der Waals surface area contributed by atoms with Crippen molar-refractivity contribution < 1.29 is 19.4 Å². The summed E-state index contributed by atoms with van der Waals surface area (Å²) in [5.74, 6) is 0.277. The highest BCUT2D eigenvalue weighted by Crippen LogP contribution is 2.18. The number of methoxy groups -OCH3 is 1. The van der Waals surface area contributed by atoms with Crippen LogP contribution in [-0.2, 0) is 11.2 Å². The molecule has 0 aliphatic rings. The number of benzene rings is 3. The zero-order valence-corrected chi connectivity index (χ0v) is 15.3. The largest absolute Gasteiger partial charge is 0.508 e. The van der Waals surface area contributed by atoms with Gasteiger partial charge in [0.05, 0.1) is 13.5 Å². The molecule has 3 rings (SSSR count). The van der Waals surface area contributed by atoms with E-state index in [0.717, 1.165) is 11.3 Å². The van der Waals surface area contributed by atoms with Crippen LogP contribution in [0.5, 0.6) is 11.5 Å². The summed E-state index contributed by atoms with van der Waals surface area (Å²) in [6.07, 6.45) is 0.212. The smallest absolute Gasteiger partial charge is 0.255 e. The molecule has 6 heteroatoms. The Kier molecular flexibility index (Phi) is 5.91. The number of carbonyl (C=O) groups is 2. The van der Waals surface area contributed by atoms with Crippen LogP contribution in [0.25, 0.3) is 0 Å². The minimum Gasteiger partial charge on any atom is -0.508 e. The highest BCUT2D eigenvalue weighted by Gasteiger charge is 2.09. The SMILES string of the molecule is COc1ccc(CC(=O)Nc2cccc(C(=O)Nc3cccc(O)c3)c2)cc1. The number of rotatable bonds is 6. The molecule has 0 aromatic heterocycles. The van der Waals surface area contributed by atoms with E-state index in [4.69, 9.17) is 4.74 Å². The zero-order valence-electron chi connectivity index (χ0n) is 15.3. The molecule has 0 radical (unpaired) electrons. The molecule has 6 nitrogen and oxygen atoms in total. The van der Waals surface area contributed by atoms with Crippen LogP contribution in [0.2, 0.25) is 0 Å². The lowest BCUT2D eigenvalue weighted by Gasteiger charge is -2.09. The Labute approximate surface area is 162 Å². The summed E-state index contributed by atoms with van der Waals surface area (Å²) < 4.78 is 5.10. The van der Waals surface area contributed by atoms with Crippen LogP contribution < -0.4 is 15.4 Å². The molecule has 0 heterocycles. The summed E-state index contributed by atoms with van der Waals surface area (Å²) >= 11 is 0. The van der Waals surface area contributed by atoms with Crippen molar-refractivity contribution in [2.45, 2.75) is 6.42 Å². The van der Waals surface area contributed by atoms with Gasteiger partial charge in [0.2, 0.25) is 5.91 Å². The summed E-state index contributed by atoms with van der Waals surface area (Å²) in [6.45, 7) is 0. The Bertz CT molecular complexity index is 984. The fourth-order valence-electron chi connectivity index (χ4n) is 2.66. The standard InChI is InChI=1S/C22H20N2O4/c1-28-20-10-8-15(9-11-20)12-21(26)23-17-5-2-4-16(13-17)22(27)24-18-6-3-7-19(25)14-18/h2-11,13-14,25H,12H2,1H3,(H,23,26)(H,24,27). The van der Waals surface area contributed by atoms with Crippen molar-refractivity contribution in [3.63, 3.8) is 0 Å². The van der Waals surface area contributed by atoms with Crippen LogP contribution in [-0.4, -0.2) is 24.0 Å². The second-order valence-electron chi connectivity index (χ2n) is 6.16. The first-order valence-electron chi connectivity index (χ1n) is 8.67. The topological polar surface area (TPSA) is 87.7 Å². The summed E-state index contributed by atoms with van der Waals surface area (Å²) in [6, 6.07) is 20.2. The van der Waals surface area contributed by atoms with Crippen molar-refractivity contribution in [3.05, 3.63) is 83.9 Å². The van der Waals surface area contributed by atoms with Gasteiger partial charge in [0, 0.05) is 23.0 Å². The van der Waals surface area contributed by atoms with E-state index in [1.807, 2.05) is 12.1 Å². The van der Waals surface area contributed by atoms with Crippen molar-refractivity contribution >= 4 is 23.2 Å². The number of phenolic OH excluding ortho intramolecular Hbond substituents is 1. The molecule has 0 unspecified atom stereocenters. The third kappa shape index (κ3) is 5.11. The van der Waals surface area contributed by atoms with Gasteiger partial charge < -0.3 is 20.5 Å². The summed E-state index contributed by atoms with van der Waals surface area (Å²) in [5.41, 5.74) is 2.27. The van der Waals surface area contributed by atoms with Crippen molar-refractivity contribution in [1.29, 1.82) is 0 Å². The monoisotopic (exact) mass is 376 g/mol.